The van der Waals surface area contributed by atoms with E-state index in [0.29, 0.717) is 6.42 Å². The predicted octanol–water partition coefficient (Wildman–Crippen LogP) is 0.660. The van der Waals surface area contributed by atoms with Crippen LogP contribution in [0.3, 0.4) is 0 Å². The van der Waals surface area contributed by atoms with Crippen LogP contribution in [-0.4, -0.2) is 54.5 Å². The Bertz CT molecular complexity index is 328. The van der Waals surface area contributed by atoms with Crippen molar-refractivity contribution in [2.45, 2.75) is 26.7 Å². The van der Waals surface area contributed by atoms with Crippen LogP contribution in [-0.2, 0) is 4.79 Å². The average molecular weight is 239 g/mol. The van der Waals surface area contributed by atoms with Gasteiger partial charge in [-0.3, -0.25) is 4.79 Å². The van der Waals surface area contributed by atoms with Gasteiger partial charge in [-0.05, 0) is 20.3 Å². The summed E-state index contributed by atoms with van der Waals surface area (Å²) in [6, 6.07) is 0.117. The molecular weight excluding hydrogens is 218 g/mol. The van der Waals surface area contributed by atoms with Crippen LogP contribution >= 0.6 is 0 Å². The molecule has 1 spiro atoms. The van der Waals surface area contributed by atoms with E-state index in [4.69, 9.17) is 0 Å². The molecule has 5 heteroatoms. The van der Waals surface area contributed by atoms with Crippen molar-refractivity contribution in [3.63, 3.8) is 0 Å². The highest BCUT2D eigenvalue weighted by molar-refractivity contribution is 5.80. The van der Waals surface area contributed by atoms with Gasteiger partial charge in [0.05, 0.1) is 0 Å². The lowest BCUT2D eigenvalue weighted by Crippen LogP contribution is -2.43. The summed E-state index contributed by atoms with van der Waals surface area (Å²) in [7, 11) is 0. The smallest absolute Gasteiger partial charge is 0.319 e. The molecule has 1 unspecified atom stereocenters. The van der Waals surface area contributed by atoms with E-state index in [-0.39, 0.29) is 17.4 Å². The second-order valence-electron chi connectivity index (χ2n) is 5.08. The summed E-state index contributed by atoms with van der Waals surface area (Å²) in [4.78, 5) is 27.2. The van der Waals surface area contributed by atoms with Gasteiger partial charge in [0.1, 0.15) is 0 Å². The van der Waals surface area contributed by atoms with E-state index in [1.165, 1.54) is 0 Å². The Labute approximate surface area is 102 Å². The minimum absolute atomic E-state index is 0.0138. The summed E-state index contributed by atoms with van der Waals surface area (Å²) in [5, 5.41) is 2.88. The van der Waals surface area contributed by atoms with E-state index in [1.807, 2.05) is 23.6 Å². The molecule has 2 fully saturated rings. The molecule has 2 aliphatic rings. The van der Waals surface area contributed by atoms with E-state index in [9.17, 15) is 9.59 Å². The molecule has 96 valence electrons. The molecule has 0 aromatic heterocycles. The molecule has 0 aliphatic carbocycles. The topological polar surface area (TPSA) is 52.7 Å². The van der Waals surface area contributed by atoms with Crippen LogP contribution in [0.5, 0.6) is 0 Å². The van der Waals surface area contributed by atoms with Crippen LogP contribution in [0.4, 0.5) is 4.79 Å². The first-order valence-electron chi connectivity index (χ1n) is 6.41. The number of carbonyl (C=O) groups is 2. The molecular formula is C12H21N3O2. The summed E-state index contributed by atoms with van der Waals surface area (Å²) < 4.78 is 0. The van der Waals surface area contributed by atoms with Crippen molar-refractivity contribution in [2.75, 3.05) is 32.7 Å². The van der Waals surface area contributed by atoms with Crippen molar-refractivity contribution < 1.29 is 9.59 Å². The molecule has 17 heavy (non-hydrogen) atoms. The van der Waals surface area contributed by atoms with Crippen LogP contribution in [0.15, 0.2) is 0 Å². The zero-order valence-corrected chi connectivity index (χ0v) is 10.7. The third-order valence-corrected chi connectivity index (χ3v) is 3.94. The highest BCUT2D eigenvalue weighted by atomic mass is 16.2. The van der Waals surface area contributed by atoms with Crippen LogP contribution < -0.4 is 5.32 Å². The fourth-order valence-electron chi connectivity index (χ4n) is 2.83. The molecule has 5 nitrogen and oxygen atoms in total. The number of amides is 3. The van der Waals surface area contributed by atoms with Gasteiger partial charge in [-0.25, -0.2) is 4.79 Å². The SMILES string of the molecule is CCN(CC)C(=O)N1CCC2(CNC(=O)C2)C1. The van der Waals surface area contributed by atoms with Crippen molar-refractivity contribution in [1.29, 1.82) is 0 Å². The number of hydrogen-bond acceptors (Lipinski definition) is 2. The van der Waals surface area contributed by atoms with E-state index in [1.54, 1.807) is 0 Å². The Kier molecular flexibility index (Phi) is 3.26. The fraction of sp³-hybridized carbons (Fsp3) is 0.833. The quantitative estimate of drug-likeness (QED) is 0.769. The third kappa shape index (κ3) is 2.23. The third-order valence-electron chi connectivity index (χ3n) is 3.94. The second-order valence-corrected chi connectivity index (χ2v) is 5.08. The van der Waals surface area contributed by atoms with E-state index in [2.05, 4.69) is 5.32 Å². The van der Waals surface area contributed by atoms with Crippen molar-refractivity contribution in [3.05, 3.63) is 0 Å². The zero-order chi connectivity index (χ0) is 12.5. The lowest BCUT2D eigenvalue weighted by molar-refractivity contribution is -0.119. The first-order chi connectivity index (χ1) is 8.10. The van der Waals surface area contributed by atoms with Gasteiger partial charge in [0, 0.05) is 44.6 Å². The van der Waals surface area contributed by atoms with Crippen LogP contribution in [0, 0.1) is 5.41 Å². The van der Waals surface area contributed by atoms with Crippen molar-refractivity contribution in [3.8, 4) is 0 Å². The Morgan fingerprint density at radius 1 is 1.47 bits per heavy atom. The van der Waals surface area contributed by atoms with Crippen LogP contribution in [0.2, 0.25) is 0 Å². The first kappa shape index (κ1) is 12.2. The Morgan fingerprint density at radius 2 is 2.18 bits per heavy atom. The lowest BCUT2D eigenvalue weighted by Gasteiger charge is -2.27. The van der Waals surface area contributed by atoms with E-state index < -0.39 is 0 Å². The number of likely N-dealkylation sites (tertiary alicyclic amines) is 1. The van der Waals surface area contributed by atoms with Gasteiger partial charge >= 0.3 is 6.03 Å². The Morgan fingerprint density at radius 3 is 2.71 bits per heavy atom. The molecule has 0 saturated carbocycles. The van der Waals surface area contributed by atoms with Gasteiger partial charge in [0.25, 0.3) is 0 Å². The van der Waals surface area contributed by atoms with Gasteiger partial charge in [-0.1, -0.05) is 0 Å². The molecule has 2 heterocycles. The molecule has 0 radical (unpaired) electrons. The molecule has 3 amide bonds. The number of carbonyl (C=O) groups excluding carboxylic acids is 2. The summed E-state index contributed by atoms with van der Waals surface area (Å²) in [6.07, 6.45) is 1.52. The molecule has 1 atom stereocenters. The number of nitrogens with zero attached hydrogens (tertiary/aromatic N) is 2. The standard InChI is InChI=1S/C12H21N3O2/c1-3-14(4-2)11(17)15-6-5-12(9-15)7-10(16)13-8-12/h3-9H2,1-2H3,(H,13,16). The van der Waals surface area contributed by atoms with Crippen LogP contribution in [0.25, 0.3) is 0 Å². The molecule has 2 saturated heterocycles. The van der Waals surface area contributed by atoms with Gasteiger partial charge < -0.3 is 15.1 Å². The van der Waals surface area contributed by atoms with Crippen molar-refractivity contribution >= 4 is 11.9 Å². The first-order valence-corrected chi connectivity index (χ1v) is 6.41. The number of urea groups is 1. The molecule has 1 N–H and O–H groups in total. The minimum atomic E-state index is 0.0138. The summed E-state index contributed by atoms with van der Waals surface area (Å²) in [6.45, 7) is 7.72. The normalized spacial score (nSPS) is 27.6. The van der Waals surface area contributed by atoms with Crippen molar-refractivity contribution in [2.24, 2.45) is 5.41 Å². The van der Waals surface area contributed by atoms with Gasteiger partial charge in [-0.2, -0.15) is 0 Å². The molecule has 2 rings (SSSR count). The molecule has 0 aromatic carbocycles. The van der Waals surface area contributed by atoms with Crippen molar-refractivity contribution in [1.82, 2.24) is 15.1 Å². The Hall–Kier alpha value is -1.26. The molecule has 0 bridgehead atoms. The Balaban J connectivity index is 1.98. The van der Waals surface area contributed by atoms with Gasteiger partial charge in [0.15, 0.2) is 0 Å². The maximum absolute atomic E-state index is 12.2. The number of hydrogen-bond donors (Lipinski definition) is 1. The fourth-order valence-corrected chi connectivity index (χ4v) is 2.83. The monoisotopic (exact) mass is 239 g/mol. The molecule has 0 aromatic rings. The van der Waals surface area contributed by atoms with Gasteiger partial charge in [-0.15, -0.1) is 0 Å². The molecule has 2 aliphatic heterocycles. The van der Waals surface area contributed by atoms with Crippen LogP contribution in [0.1, 0.15) is 26.7 Å². The summed E-state index contributed by atoms with van der Waals surface area (Å²) >= 11 is 0. The maximum atomic E-state index is 12.2. The predicted molar refractivity (Wildman–Crippen MR) is 64.6 cm³/mol. The van der Waals surface area contributed by atoms with E-state index >= 15 is 0 Å². The summed E-state index contributed by atoms with van der Waals surface area (Å²) in [5.41, 5.74) is 0.0138. The van der Waals surface area contributed by atoms with Gasteiger partial charge in [0.2, 0.25) is 5.91 Å². The largest absolute Gasteiger partial charge is 0.355 e. The minimum Gasteiger partial charge on any atom is -0.355 e. The highest BCUT2D eigenvalue weighted by Gasteiger charge is 2.45. The maximum Gasteiger partial charge on any atom is 0.319 e. The second kappa shape index (κ2) is 4.55. The zero-order valence-electron chi connectivity index (χ0n) is 10.7. The van der Waals surface area contributed by atoms with E-state index in [0.717, 1.165) is 39.1 Å². The summed E-state index contributed by atoms with van der Waals surface area (Å²) in [5.74, 6) is 0.127. The average Bonchev–Trinajstić information content (AvgIpc) is 2.88. The number of nitrogens with one attached hydrogen (secondary N) is 1. The number of rotatable bonds is 2. The lowest BCUT2D eigenvalue weighted by atomic mass is 9.86. The highest BCUT2D eigenvalue weighted by Crippen LogP contribution is 2.36.